The van der Waals surface area contributed by atoms with Crippen LogP contribution in [-0.2, 0) is 4.79 Å². The Hall–Kier alpha value is -0.570. The smallest absolute Gasteiger partial charge is 0.228 e. The molecule has 1 saturated heterocycles. The Kier molecular flexibility index (Phi) is 3.53. The summed E-state index contributed by atoms with van der Waals surface area (Å²) in [5.74, 6) is 1.12. The van der Waals surface area contributed by atoms with E-state index in [2.05, 4.69) is 17.1 Å². The van der Waals surface area contributed by atoms with Crippen molar-refractivity contribution in [3.8, 4) is 0 Å². The Morgan fingerprint density at radius 1 is 1.50 bits per heavy atom. The predicted octanol–water partition coefficient (Wildman–Crippen LogP) is 1.63. The van der Waals surface area contributed by atoms with Crippen molar-refractivity contribution in [1.29, 1.82) is 0 Å². The lowest BCUT2D eigenvalue weighted by molar-refractivity contribution is -0.136. The minimum Gasteiger partial charge on any atom is -0.342 e. The third-order valence-corrected chi connectivity index (χ3v) is 4.10. The van der Waals surface area contributed by atoms with Crippen LogP contribution in [0.3, 0.4) is 0 Å². The zero-order valence-corrected chi connectivity index (χ0v) is 10.6. The van der Waals surface area contributed by atoms with Gasteiger partial charge in [0.2, 0.25) is 5.91 Å². The predicted molar refractivity (Wildman–Crippen MR) is 65.2 cm³/mol. The van der Waals surface area contributed by atoms with Crippen LogP contribution in [0.5, 0.6) is 0 Å². The molecule has 92 valence electrons. The number of likely N-dealkylation sites (tertiary alicyclic amines) is 1. The highest BCUT2D eigenvalue weighted by Gasteiger charge is 2.51. The maximum absolute atomic E-state index is 12.4. The summed E-state index contributed by atoms with van der Waals surface area (Å²) in [5, 5.41) is 3.21. The molecule has 0 aromatic carbocycles. The van der Waals surface area contributed by atoms with Gasteiger partial charge < -0.3 is 10.2 Å². The van der Waals surface area contributed by atoms with E-state index in [0.717, 1.165) is 45.3 Å². The fraction of sp³-hybridized carbons (Fsp3) is 0.923. The fourth-order valence-electron chi connectivity index (χ4n) is 3.01. The van der Waals surface area contributed by atoms with Crippen LogP contribution < -0.4 is 5.32 Å². The van der Waals surface area contributed by atoms with E-state index in [1.165, 1.54) is 6.42 Å². The van der Waals surface area contributed by atoms with E-state index in [1.54, 1.807) is 0 Å². The molecule has 1 atom stereocenters. The molecule has 2 fully saturated rings. The number of nitrogens with one attached hydrogen (secondary N) is 1. The molecule has 3 nitrogen and oxygen atoms in total. The number of amides is 1. The summed E-state index contributed by atoms with van der Waals surface area (Å²) < 4.78 is 0. The van der Waals surface area contributed by atoms with Gasteiger partial charge in [0.1, 0.15) is 0 Å². The molecule has 1 saturated carbocycles. The second-order valence-corrected chi connectivity index (χ2v) is 5.49. The number of hydrogen-bond donors (Lipinski definition) is 1. The standard InChI is InChI=1S/C13H24N2O/c1-3-5-13(6-7-13)12(16)15-8-4-11(10-15)9-14-2/h11,14H,3-10H2,1-2H3. The maximum Gasteiger partial charge on any atom is 0.228 e. The van der Waals surface area contributed by atoms with Crippen molar-refractivity contribution in [2.45, 2.75) is 39.0 Å². The fourth-order valence-corrected chi connectivity index (χ4v) is 3.01. The number of hydrogen-bond acceptors (Lipinski definition) is 2. The molecule has 1 aliphatic carbocycles. The van der Waals surface area contributed by atoms with Gasteiger partial charge in [0.25, 0.3) is 0 Å². The van der Waals surface area contributed by atoms with Crippen LogP contribution in [0.1, 0.15) is 39.0 Å². The highest BCUT2D eigenvalue weighted by atomic mass is 16.2. The number of carbonyl (C=O) groups excluding carboxylic acids is 1. The summed E-state index contributed by atoms with van der Waals surface area (Å²) in [6, 6.07) is 0. The Balaban J connectivity index is 1.87. The topological polar surface area (TPSA) is 32.3 Å². The van der Waals surface area contributed by atoms with E-state index in [9.17, 15) is 4.79 Å². The molecule has 0 spiro atoms. The first kappa shape index (κ1) is 11.9. The summed E-state index contributed by atoms with van der Waals surface area (Å²) in [6.07, 6.45) is 5.67. The van der Waals surface area contributed by atoms with E-state index in [4.69, 9.17) is 0 Å². The average molecular weight is 224 g/mol. The molecule has 1 aliphatic heterocycles. The van der Waals surface area contributed by atoms with Gasteiger partial charge in [0.05, 0.1) is 0 Å². The van der Waals surface area contributed by atoms with Gasteiger partial charge in [-0.2, -0.15) is 0 Å². The van der Waals surface area contributed by atoms with Crippen LogP contribution in [0.2, 0.25) is 0 Å². The molecule has 1 unspecified atom stereocenters. The Bertz CT molecular complexity index is 261. The van der Waals surface area contributed by atoms with Crippen LogP contribution >= 0.6 is 0 Å². The summed E-state index contributed by atoms with van der Waals surface area (Å²) in [5.41, 5.74) is 0.0727. The van der Waals surface area contributed by atoms with Gasteiger partial charge in [-0.1, -0.05) is 13.3 Å². The van der Waals surface area contributed by atoms with E-state index in [1.807, 2.05) is 7.05 Å². The molecule has 2 rings (SSSR count). The summed E-state index contributed by atoms with van der Waals surface area (Å²) in [6.45, 7) is 5.19. The van der Waals surface area contributed by atoms with Gasteiger partial charge in [0.15, 0.2) is 0 Å². The molecule has 1 amide bonds. The molecule has 0 aromatic rings. The van der Waals surface area contributed by atoms with Crippen molar-refractivity contribution < 1.29 is 4.79 Å². The Labute approximate surface area is 98.6 Å². The normalized spacial score (nSPS) is 27.1. The second-order valence-electron chi connectivity index (χ2n) is 5.49. The van der Waals surface area contributed by atoms with Gasteiger partial charge in [-0.15, -0.1) is 0 Å². The van der Waals surface area contributed by atoms with Crippen molar-refractivity contribution in [2.24, 2.45) is 11.3 Å². The van der Waals surface area contributed by atoms with Crippen molar-refractivity contribution in [1.82, 2.24) is 10.2 Å². The third kappa shape index (κ3) is 2.24. The molecule has 2 aliphatic rings. The van der Waals surface area contributed by atoms with Crippen molar-refractivity contribution in [3.63, 3.8) is 0 Å². The van der Waals surface area contributed by atoms with Crippen LogP contribution in [0, 0.1) is 11.3 Å². The minimum absolute atomic E-state index is 0.0727. The lowest BCUT2D eigenvalue weighted by Crippen LogP contribution is -2.36. The number of carbonyl (C=O) groups is 1. The molecule has 3 heteroatoms. The molecule has 0 aromatic heterocycles. The number of nitrogens with zero attached hydrogens (tertiary/aromatic N) is 1. The van der Waals surface area contributed by atoms with Crippen LogP contribution in [-0.4, -0.2) is 37.5 Å². The lowest BCUT2D eigenvalue weighted by atomic mass is 9.99. The first-order valence-electron chi connectivity index (χ1n) is 6.66. The van der Waals surface area contributed by atoms with E-state index in [-0.39, 0.29) is 5.41 Å². The molecule has 0 radical (unpaired) electrons. The van der Waals surface area contributed by atoms with Gasteiger partial charge in [-0.25, -0.2) is 0 Å². The summed E-state index contributed by atoms with van der Waals surface area (Å²) in [4.78, 5) is 14.5. The van der Waals surface area contributed by atoms with Gasteiger partial charge in [-0.05, 0) is 45.2 Å². The third-order valence-electron chi connectivity index (χ3n) is 4.10. The Morgan fingerprint density at radius 3 is 2.81 bits per heavy atom. The monoisotopic (exact) mass is 224 g/mol. The number of rotatable bonds is 5. The van der Waals surface area contributed by atoms with Crippen LogP contribution in [0.4, 0.5) is 0 Å². The first-order chi connectivity index (χ1) is 7.72. The van der Waals surface area contributed by atoms with Crippen LogP contribution in [0.15, 0.2) is 0 Å². The molecule has 16 heavy (non-hydrogen) atoms. The highest BCUT2D eigenvalue weighted by molar-refractivity contribution is 5.85. The first-order valence-corrected chi connectivity index (χ1v) is 6.66. The van der Waals surface area contributed by atoms with Crippen molar-refractivity contribution in [2.75, 3.05) is 26.7 Å². The highest BCUT2D eigenvalue weighted by Crippen LogP contribution is 2.51. The zero-order valence-electron chi connectivity index (χ0n) is 10.6. The van der Waals surface area contributed by atoms with Crippen molar-refractivity contribution >= 4 is 5.91 Å². The van der Waals surface area contributed by atoms with E-state index >= 15 is 0 Å². The zero-order chi connectivity index (χ0) is 11.6. The molecule has 0 bridgehead atoms. The van der Waals surface area contributed by atoms with Crippen molar-refractivity contribution in [3.05, 3.63) is 0 Å². The van der Waals surface area contributed by atoms with Crippen LogP contribution in [0.25, 0.3) is 0 Å². The minimum atomic E-state index is 0.0727. The van der Waals surface area contributed by atoms with E-state index < -0.39 is 0 Å². The summed E-state index contributed by atoms with van der Waals surface area (Å²) in [7, 11) is 1.99. The maximum atomic E-state index is 12.4. The summed E-state index contributed by atoms with van der Waals surface area (Å²) >= 11 is 0. The molecular weight excluding hydrogens is 200 g/mol. The molecule has 1 heterocycles. The van der Waals surface area contributed by atoms with Gasteiger partial charge in [-0.3, -0.25) is 4.79 Å². The lowest BCUT2D eigenvalue weighted by Gasteiger charge is -2.23. The van der Waals surface area contributed by atoms with Gasteiger partial charge >= 0.3 is 0 Å². The van der Waals surface area contributed by atoms with E-state index in [0.29, 0.717) is 11.8 Å². The quantitative estimate of drug-likeness (QED) is 0.770. The molecular formula is C13H24N2O. The SMILES string of the molecule is CCCC1(C(=O)N2CCC(CNC)C2)CC1. The second kappa shape index (κ2) is 4.74. The largest absolute Gasteiger partial charge is 0.342 e. The molecule has 1 N–H and O–H groups in total. The van der Waals surface area contributed by atoms with Gasteiger partial charge in [0, 0.05) is 18.5 Å². The Morgan fingerprint density at radius 2 is 2.25 bits per heavy atom. The average Bonchev–Trinajstić information content (AvgIpc) is 2.90.